The molecule has 0 aliphatic carbocycles. The molecule has 0 saturated heterocycles. The van der Waals surface area contributed by atoms with E-state index in [1.165, 1.54) is 5.30 Å². The van der Waals surface area contributed by atoms with Crippen molar-refractivity contribution in [2.24, 2.45) is 32.9 Å². The standard InChI is InChI=1S/C20H21N6P/c21-19(22)25-14-6-4-10-17(12-14)27(16-8-2-1-3-9-16)18-11-5-7-15(13-18)26-20(23)24/h1-13H,(H4,21,22,25)(H4,23,24,26). The minimum absolute atomic E-state index is 0.0333. The van der Waals surface area contributed by atoms with Crippen molar-refractivity contribution in [2.75, 3.05) is 0 Å². The lowest BCUT2D eigenvalue weighted by Crippen LogP contribution is -2.23. The fourth-order valence-electron chi connectivity index (χ4n) is 2.73. The molecule has 3 rings (SSSR count). The van der Waals surface area contributed by atoms with E-state index in [9.17, 15) is 0 Å². The highest BCUT2D eigenvalue weighted by Crippen LogP contribution is 2.34. The highest BCUT2D eigenvalue weighted by atomic mass is 31.1. The smallest absolute Gasteiger partial charge is 0.191 e. The summed E-state index contributed by atoms with van der Waals surface area (Å²) in [5, 5.41) is 3.46. The first-order valence-electron chi connectivity index (χ1n) is 8.27. The fourth-order valence-corrected chi connectivity index (χ4v) is 5.08. The summed E-state index contributed by atoms with van der Waals surface area (Å²) in [6.45, 7) is 0. The molecule has 3 aromatic carbocycles. The molecule has 0 spiro atoms. The fraction of sp³-hybridized carbons (Fsp3) is 0. The van der Waals surface area contributed by atoms with Crippen LogP contribution in [0.1, 0.15) is 0 Å². The van der Waals surface area contributed by atoms with Gasteiger partial charge >= 0.3 is 0 Å². The van der Waals surface area contributed by atoms with Gasteiger partial charge in [-0.3, -0.25) is 0 Å². The van der Waals surface area contributed by atoms with Crippen LogP contribution in [0.25, 0.3) is 0 Å². The summed E-state index contributed by atoms with van der Waals surface area (Å²) in [6, 6.07) is 26.1. The van der Waals surface area contributed by atoms with Crippen molar-refractivity contribution in [3.8, 4) is 0 Å². The molecule has 0 aromatic heterocycles. The van der Waals surface area contributed by atoms with E-state index in [0.29, 0.717) is 0 Å². The Morgan fingerprint density at radius 1 is 0.556 bits per heavy atom. The first-order chi connectivity index (χ1) is 13.0. The van der Waals surface area contributed by atoms with Gasteiger partial charge in [-0.25, -0.2) is 9.98 Å². The maximum Gasteiger partial charge on any atom is 0.191 e. The van der Waals surface area contributed by atoms with Crippen LogP contribution in [-0.4, -0.2) is 11.9 Å². The second kappa shape index (κ2) is 8.34. The summed E-state index contributed by atoms with van der Waals surface area (Å²) in [5.41, 5.74) is 23.6. The Morgan fingerprint density at radius 2 is 1.00 bits per heavy atom. The molecule has 6 nitrogen and oxygen atoms in total. The number of nitrogens with two attached hydrogens (primary N) is 4. The number of hydrogen-bond donors (Lipinski definition) is 4. The van der Waals surface area contributed by atoms with E-state index in [-0.39, 0.29) is 11.9 Å². The SMILES string of the molecule is NC(N)=Nc1cccc(P(c2ccccc2)c2cccc(N=C(N)N)c2)c1. The molecular weight excluding hydrogens is 355 g/mol. The van der Waals surface area contributed by atoms with E-state index in [4.69, 9.17) is 22.9 Å². The van der Waals surface area contributed by atoms with Crippen LogP contribution in [0.5, 0.6) is 0 Å². The zero-order valence-electron chi connectivity index (χ0n) is 14.7. The summed E-state index contributed by atoms with van der Waals surface area (Å²) in [4.78, 5) is 8.35. The topological polar surface area (TPSA) is 129 Å². The minimum Gasteiger partial charge on any atom is -0.370 e. The van der Waals surface area contributed by atoms with Crippen molar-refractivity contribution in [2.45, 2.75) is 0 Å². The molecule has 0 aliphatic heterocycles. The number of nitrogens with zero attached hydrogens (tertiary/aromatic N) is 2. The van der Waals surface area contributed by atoms with Crippen LogP contribution in [0.3, 0.4) is 0 Å². The van der Waals surface area contributed by atoms with E-state index < -0.39 is 7.92 Å². The van der Waals surface area contributed by atoms with Crippen LogP contribution in [0.4, 0.5) is 11.4 Å². The molecule has 0 saturated carbocycles. The van der Waals surface area contributed by atoms with Crippen molar-refractivity contribution >= 4 is 47.1 Å². The number of aliphatic imine (C=N–C) groups is 2. The number of guanidine groups is 2. The lowest BCUT2D eigenvalue weighted by Gasteiger charge is -2.20. The zero-order valence-corrected chi connectivity index (χ0v) is 15.6. The van der Waals surface area contributed by atoms with Gasteiger partial charge in [-0.15, -0.1) is 0 Å². The Kier molecular flexibility index (Phi) is 5.69. The van der Waals surface area contributed by atoms with E-state index in [1.54, 1.807) is 0 Å². The van der Waals surface area contributed by atoms with Gasteiger partial charge in [0.1, 0.15) is 0 Å². The quantitative estimate of drug-likeness (QED) is 0.303. The average molecular weight is 376 g/mol. The molecule has 0 radical (unpaired) electrons. The average Bonchev–Trinajstić information content (AvgIpc) is 2.62. The normalized spacial score (nSPS) is 10.4. The van der Waals surface area contributed by atoms with Crippen LogP contribution >= 0.6 is 7.92 Å². The first kappa shape index (κ1) is 18.4. The molecule has 0 atom stereocenters. The molecule has 0 heterocycles. The van der Waals surface area contributed by atoms with Gasteiger partial charge in [0.25, 0.3) is 0 Å². The Labute approximate surface area is 159 Å². The van der Waals surface area contributed by atoms with Gasteiger partial charge in [0.15, 0.2) is 11.9 Å². The van der Waals surface area contributed by atoms with Crippen LogP contribution in [0.2, 0.25) is 0 Å². The molecule has 8 N–H and O–H groups in total. The Morgan fingerprint density at radius 3 is 1.44 bits per heavy atom. The molecule has 0 aliphatic rings. The van der Waals surface area contributed by atoms with Crippen molar-refractivity contribution < 1.29 is 0 Å². The first-order valence-corrected chi connectivity index (χ1v) is 9.62. The molecule has 0 amide bonds. The van der Waals surface area contributed by atoms with E-state index in [2.05, 4.69) is 34.3 Å². The molecule has 7 heteroatoms. The van der Waals surface area contributed by atoms with Gasteiger partial charge in [0, 0.05) is 0 Å². The molecule has 0 unspecified atom stereocenters. The largest absolute Gasteiger partial charge is 0.370 e. The lowest BCUT2D eigenvalue weighted by atomic mass is 10.3. The molecule has 136 valence electrons. The van der Waals surface area contributed by atoms with Gasteiger partial charge in [-0.2, -0.15) is 0 Å². The summed E-state index contributed by atoms with van der Waals surface area (Å²) >= 11 is 0. The monoisotopic (exact) mass is 376 g/mol. The summed E-state index contributed by atoms with van der Waals surface area (Å²) in [7, 11) is -0.830. The van der Waals surface area contributed by atoms with Crippen LogP contribution in [-0.2, 0) is 0 Å². The molecule has 3 aromatic rings. The third kappa shape index (κ3) is 4.84. The van der Waals surface area contributed by atoms with E-state index in [0.717, 1.165) is 22.0 Å². The Hall–Kier alpha value is -3.37. The van der Waals surface area contributed by atoms with Gasteiger partial charge in [-0.05, 0) is 48.1 Å². The van der Waals surface area contributed by atoms with E-state index in [1.807, 2.05) is 54.6 Å². The van der Waals surface area contributed by atoms with Crippen LogP contribution in [0, 0.1) is 0 Å². The Balaban J connectivity index is 2.14. The van der Waals surface area contributed by atoms with Gasteiger partial charge in [0.05, 0.1) is 11.4 Å². The third-order valence-corrected chi connectivity index (χ3v) is 6.11. The van der Waals surface area contributed by atoms with E-state index >= 15 is 0 Å². The maximum atomic E-state index is 5.53. The number of rotatable bonds is 5. The van der Waals surface area contributed by atoms with Gasteiger partial charge < -0.3 is 22.9 Å². The summed E-state index contributed by atoms with van der Waals surface area (Å²) in [5.74, 6) is 0.0666. The molecule has 27 heavy (non-hydrogen) atoms. The number of benzene rings is 3. The van der Waals surface area contributed by atoms with Crippen LogP contribution in [0.15, 0.2) is 88.8 Å². The molecule has 0 bridgehead atoms. The number of hydrogen-bond acceptors (Lipinski definition) is 2. The lowest BCUT2D eigenvalue weighted by molar-refractivity contribution is 1.43. The Bertz CT molecular complexity index is 915. The predicted molar refractivity (Wildman–Crippen MR) is 116 cm³/mol. The van der Waals surface area contributed by atoms with Crippen molar-refractivity contribution in [3.05, 3.63) is 78.9 Å². The van der Waals surface area contributed by atoms with Gasteiger partial charge in [-0.1, -0.05) is 54.6 Å². The van der Waals surface area contributed by atoms with Gasteiger partial charge in [0.2, 0.25) is 0 Å². The molecular formula is C20H21N6P. The van der Waals surface area contributed by atoms with Crippen molar-refractivity contribution in [3.63, 3.8) is 0 Å². The minimum atomic E-state index is -0.830. The third-order valence-electron chi connectivity index (χ3n) is 3.71. The van der Waals surface area contributed by atoms with Crippen LogP contribution < -0.4 is 38.8 Å². The van der Waals surface area contributed by atoms with Crippen molar-refractivity contribution in [1.82, 2.24) is 0 Å². The predicted octanol–water partition coefficient (Wildman–Crippen LogP) is 1.25. The zero-order chi connectivity index (χ0) is 19.2. The highest BCUT2D eigenvalue weighted by molar-refractivity contribution is 7.79. The summed E-state index contributed by atoms with van der Waals surface area (Å²) < 4.78 is 0. The second-order valence-electron chi connectivity index (χ2n) is 5.78. The summed E-state index contributed by atoms with van der Waals surface area (Å²) in [6.07, 6.45) is 0. The van der Waals surface area contributed by atoms with Crippen molar-refractivity contribution in [1.29, 1.82) is 0 Å². The highest BCUT2D eigenvalue weighted by Gasteiger charge is 2.17. The molecule has 0 fully saturated rings. The maximum absolute atomic E-state index is 5.53. The second-order valence-corrected chi connectivity index (χ2v) is 8.00.